The van der Waals surface area contributed by atoms with Crippen molar-refractivity contribution >= 4 is 40.5 Å². The summed E-state index contributed by atoms with van der Waals surface area (Å²) in [6, 6.07) is 7.76. The van der Waals surface area contributed by atoms with Crippen molar-refractivity contribution in [3.63, 3.8) is 0 Å². The van der Waals surface area contributed by atoms with Crippen LogP contribution in [0.5, 0.6) is 0 Å². The monoisotopic (exact) mass is 436 g/mol. The number of anilines is 1. The molecule has 1 aliphatic heterocycles. The first-order chi connectivity index (χ1) is 12.6. The van der Waals surface area contributed by atoms with Crippen LogP contribution in [0.1, 0.15) is 17.5 Å². The van der Waals surface area contributed by atoms with E-state index in [1.807, 2.05) is 0 Å². The van der Waals surface area contributed by atoms with Crippen LogP contribution in [-0.2, 0) is 5.41 Å². The summed E-state index contributed by atoms with van der Waals surface area (Å²) in [5, 5.41) is 8.66. The number of benzene rings is 2. The number of halogens is 7. The van der Waals surface area contributed by atoms with Gasteiger partial charge in [0.25, 0.3) is 0 Å². The largest absolute Gasteiger partial charge is 0.400 e. The smallest absolute Gasteiger partial charge is 0.370 e. The van der Waals surface area contributed by atoms with Crippen molar-refractivity contribution in [3.05, 3.63) is 62.3 Å². The molecule has 0 aliphatic carbocycles. The van der Waals surface area contributed by atoms with Crippen molar-refractivity contribution in [3.8, 4) is 6.07 Å². The Morgan fingerprint density at radius 1 is 1.07 bits per heavy atom. The Bertz CT molecular complexity index is 916. The van der Waals surface area contributed by atoms with Crippen molar-refractivity contribution in [2.75, 3.05) is 18.0 Å². The molecule has 0 saturated carbocycles. The van der Waals surface area contributed by atoms with E-state index < -0.39 is 24.0 Å². The zero-order chi connectivity index (χ0) is 20.0. The van der Waals surface area contributed by atoms with Crippen molar-refractivity contribution in [2.24, 2.45) is 0 Å². The molecule has 0 amide bonds. The lowest BCUT2D eigenvalue weighted by molar-refractivity contribution is -0.184. The fourth-order valence-corrected chi connectivity index (χ4v) is 3.88. The molecule has 2 aromatic rings. The van der Waals surface area contributed by atoms with Gasteiger partial charge in [-0.05, 0) is 42.3 Å². The fraction of sp³-hybridized carbons (Fsp3) is 0.278. The molecule has 0 bridgehead atoms. The summed E-state index contributed by atoms with van der Waals surface area (Å²) in [7, 11) is 0. The van der Waals surface area contributed by atoms with Crippen LogP contribution >= 0.6 is 34.8 Å². The Labute approximate surface area is 167 Å². The Kier molecular flexibility index (Phi) is 5.24. The van der Waals surface area contributed by atoms with Crippen LogP contribution in [0.3, 0.4) is 0 Å². The minimum atomic E-state index is -4.59. The molecule has 3 rings (SSSR count). The van der Waals surface area contributed by atoms with Crippen LogP contribution in [0.4, 0.5) is 23.2 Å². The second-order valence-corrected chi connectivity index (χ2v) is 7.47. The molecular weight excluding hydrogens is 427 g/mol. The molecule has 2 aromatic carbocycles. The van der Waals surface area contributed by atoms with E-state index in [1.165, 1.54) is 29.2 Å². The second kappa shape index (κ2) is 7.05. The van der Waals surface area contributed by atoms with E-state index in [0.717, 1.165) is 6.07 Å². The molecule has 9 heteroatoms. The quantitative estimate of drug-likeness (QED) is 0.403. The first-order valence-electron chi connectivity index (χ1n) is 7.75. The highest BCUT2D eigenvalue weighted by Gasteiger charge is 2.59. The van der Waals surface area contributed by atoms with Gasteiger partial charge in [0.15, 0.2) is 0 Å². The third-order valence-corrected chi connectivity index (χ3v) is 5.98. The summed E-state index contributed by atoms with van der Waals surface area (Å²) in [6.45, 7) is -0.390. The summed E-state index contributed by atoms with van der Waals surface area (Å²) in [5.74, 6) is -0.780. The van der Waals surface area contributed by atoms with Gasteiger partial charge < -0.3 is 4.90 Å². The highest BCUT2D eigenvalue weighted by Crippen LogP contribution is 2.50. The van der Waals surface area contributed by atoms with E-state index in [9.17, 15) is 17.6 Å². The number of hydrogen-bond acceptors (Lipinski definition) is 2. The lowest BCUT2D eigenvalue weighted by Gasteiger charge is -2.33. The van der Waals surface area contributed by atoms with E-state index >= 15 is 0 Å². The highest BCUT2D eigenvalue weighted by atomic mass is 35.5. The maximum atomic E-state index is 14.1. The van der Waals surface area contributed by atoms with Crippen LogP contribution in [0.15, 0.2) is 30.3 Å². The van der Waals surface area contributed by atoms with Gasteiger partial charge in [-0.25, -0.2) is 4.39 Å². The molecule has 1 fully saturated rings. The zero-order valence-corrected chi connectivity index (χ0v) is 15.8. The summed E-state index contributed by atoms with van der Waals surface area (Å²) >= 11 is 17.7. The number of hydrogen-bond donors (Lipinski definition) is 0. The topological polar surface area (TPSA) is 27.0 Å². The Morgan fingerprint density at radius 2 is 1.70 bits per heavy atom. The van der Waals surface area contributed by atoms with E-state index in [4.69, 9.17) is 40.1 Å². The van der Waals surface area contributed by atoms with Gasteiger partial charge in [-0.2, -0.15) is 18.4 Å². The average molecular weight is 438 g/mol. The van der Waals surface area contributed by atoms with E-state index in [0.29, 0.717) is 0 Å². The van der Waals surface area contributed by atoms with Crippen molar-refractivity contribution < 1.29 is 17.6 Å². The summed E-state index contributed by atoms with van der Waals surface area (Å²) in [5.41, 5.74) is -2.22. The van der Waals surface area contributed by atoms with Gasteiger partial charge >= 0.3 is 6.18 Å². The predicted molar refractivity (Wildman–Crippen MR) is 97.2 cm³/mol. The predicted octanol–water partition coefficient (Wildman–Crippen LogP) is 6.37. The average Bonchev–Trinajstić information content (AvgIpc) is 3.06. The SMILES string of the molecule is N#Cc1ccc(N2CC[C@@](c3cc(Cl)c(Cl)c(Cl)c3)(C(F)(F)F)C2)cc1F. The highest BCUT2D eigenvalue weighted by molar-refractivity contribution is 6.48. The number of rotatable bonds is 2. The van der Waals surface area contributed by atoms with Gasteiger partial charge in [0.1, 0.15) is 17.3 Å². The molecule has 0 unspecified atom stereocenters. The van der Waals surface area contributed by atoms with Gasteiger partial charge in [-0.1, -0.05) is 34.8 Å². The van der Waals surface area contributed by atoms with Crippen LogP contribution in [0.25, 0.3) is 0 Å². The molecule has 0 aromatic heterocycles. The molecule has 2 nitrogen and oxygen atoms in total. The summed E-state index contributed by atoms with van der Waals surface area (Å²) in [6.07, 6.45) is -4.85. The molecular formula is C18H11Cl3F4N2. The van der Waals surface area contributed by atoms with Crippen LogP contribution < -0.4 is 4.90 Å². The molecule has 0 radical (unpaired) electrons. The molecule has 0 spiro atoms. The van der Waals surface area contributed by atoms with Gasteiger partial charge in [0.2, 0.25) is 0 Å². The summed E-state index contributed by atoms with van der Waals surface area (Å²) in [4.78, 5) is 1.42. The second-order valence-electron chi connectivity index (χ2n) is 6.28. The van der Waals surface area contributed by atoms with E-state index in [1.54, 1.807) is 6.07 Å². The molecule has 0 N–H and O–H groups in total. The van der Waals surface area contributed by atoms with E-state index in [-0.39, 0.29) is 44.8 Å². The first-order valence-corrected chi connectivity index (χ1v) is 8.89. The van der Waals surface area contributed by atoms with Crippen molar-refractivity contribution in [2.45, 2.75) is 18.0 Å². The van der Waals surface area contributed by atoms with E-state index in [2.05, 4.69) is 0 Å². The Balaban J connectivity index is 2.04. The van der Waals surface area contributed by atoms with Gasteiger partial charge in [-0.3, -0.25) is 0 Å². The van der Waals surface area contributed by atoms with Crippen molar-refractivity contribution in [1.29, 1.82) is 5.26 Å². The maximum absolute atomic E-state index is 14.1. The first kappa shape index (κ1) is 20.1. The Morgan fingerprint density at radius 3 is 2.22 bits per heavy atom. The lowest BCUT2D eigenvalue weighted by Crippen LogP contribution is -2.45. The zero-order valence-electron chi connectivity index (χ0n) is 13.5. The van der Waals surface area contributed by atoms with Crippen molar-refractivity contribution in [1.82, 2.24) is 0 Å². The molecule has 1 atom stereocenters. The summed E-state index contributed by atoms with van der Waals surface area (Å²) < 4.78 is 56.2. The van der Waals surface area contributed by atoms with Gasteiger partial charge in [0.05, 0.1) is 20.6 Å². The number of alkyl halides is 3. The van der Waals surface area contributed by atoms with Crippen LogP contribution in [0, 0.1) is 17.1 Å². The Hall–Kier alpha value is -1.68. The molecule has 1 saturated heterocycles. The van der Waals surface area contributed by atoms with Gasteiger partial charge in [-0.15, -0.1) is 0 Å². The third kappa shape index (κ3) is 3.44. The standard InChI is InChI=1S/C18H11Cl3F4N2/c19-13-5-11(6-14(20)16(13)21)17(18(23,24)25)3-4-27(9-17)12-2-1-10(8-26)15(22)7-12/h1-2,5-7H,3-4,9H2/t17-/m1/s1. The third-order valence-electron chi connectivity index (χ3n) is 4.79. The van der Waals surface area contributed by atoms with Crippen LogP contribution in [-0.4, -0.2) is 19.3 Å². The van der Waals surface area contributed by atoms with Crippen LogP contribution in [0.2, 0.25) is 15.1 Å². The van der Waals surface area contributed by atoms with Gasteiger partial charge in [0, 0.05) is 18.8 Å². The normalized spacial score (nSPS) is 20.0. The molecule has 1 aliphatic rings. The minimum Gasteiger partial charge on any atom is -0.370 e. The minimum absolute atomic E-state index is 0.0107. The lowest BCUT2D eigenvalue weighted by atomic mass is 9.79. The molecule has 142 valence electrons. The maximum Gasteiger partial charge on any atom is 0.400 e. The molecule has 1 heterocycles. The number of nitrogens with zero attached hydrogens (tertiary/aromatic N) is 2. The molecule has 27 heavy (non-hydrogen) atoms. The fourth-order valence-electron chi connectivity index (χ4n) is 3.28. The number of nitriles is 1.